The van der Waals surface area contributed by atoms with Gasteiger partial charge in [-0.3, -0.25) is 0 Å². The number of nitrogens with zero attached hydrogens (tertiary/aromatic N) is 2. The Kier molecular flexibility index (Phi) is 4.96. The molecule has 1 aliphatic heterocycles. The Morgan fingerprint density at radius 3 is 2.32 bits per heavy atom. The summed E-state index contributed by atoms with van der Waals surface area (Å²) in [5.41, 5.74) is 7.92. The lowest BCUT2D eigenvalue weighted by atomic mass is 10.1. The fraction of sp³-hybridized carbons (Fsp3) is 0.588. The molecule has 0 bridgehead atoms. The number of hydrogen-bond acceptors (Lipinski definition) is 4. The Bertz CT molecular complexity index is 515. The van der Waals surface area contributed by atoms with E-state index in [1.807, 2.05) is 39.8 Å². The van der Waals surface area contributed by atoms with Gasteiger partial charge in [0.1, 0.15) is 5.60 Å². The highest BCUT2D eigenvalue weighted by Gasteiger charge is 2.26. The largest absolute Gasteiger partial charge is 0.444 e. The molecule has 22 heavy (non-hydrogen) atoms. The van der Waals surface area contributed by atoms with Gasteiger partial charge in [-0.25, -0.2) is 4.79 Å². The zero-order valence-electron chi connectivity index (χ0n) is 14.0. The van der Waals surface area contributed by atoms with E-state index in [9.17, 15) is 4.79 Å². The van der Waals surface area contributed by atoms with Gasteiger partial charge < -0.3 is 20.3 Å². The van der Waals surface area contributed by atoms with Crippen molar-refractivity contribution in [2.24, 2.45) is 5.73 Å². The van der Waals surface area contributed by atoms with E-state index < -0.39 is 5.60 Å². The highest BCUT2D eigenvalue weighted by molar-refractivity contribution is 5.69. The van der Waals surface area contributed by atoms with Crippen molar-refractivity contribution in [3.05, 3.63) is 29.8 Å². The van der Waals surface area contributed by atoms with Gasteiger partial charge in [0.05, 0.1) is 0 Å². The highest BCUT2D eigenvalue weighted by atomic mass is 16.6. The number of carbonyl (C=O) groups is 1. The van der Waals surface area contributed by atoms with Crippen LogP contribution in [0.5, 0.6) is 0 Å². The molecule has 1 aromatic rings. The number of anilines is 1. The number of piperazine rings is 1. The summed E-state index contributed by atoms with van der Waals surface area (Å²) < 4.78 is 5.43. The van der Waals surface area contributed by atoms with Crippen LogP contribution in [0.3, 0.4) is 0 Å². The minimum Gasteiger partial charge on any atom is -0.444 e. The van der Waals surface area contributed by atoms with Gasteiger partial charge in [0.15, 0.2) is 0 Å². The SMILES string of the molecule is CC(N)c1ccccc1N1CCN(C(=O)OC(C)(C)C)CC1. The third-order valence-corrected chi connectivity index (χ3v) is 3.70. The third kappa shape index (κ3) is 4.13. The number of hydrogen-bond donors (Lipinski definition) is 1. The summed E-state index contributed by atoms with van der Waals surface area (Å²) in [5.74, 6) is 0. The molecule has 0 spiro atoms. The molecule has 0 saturated carbocycles. The van der Waals surface area contributed by atoms with Crippen molar-refractivity contribution in [1.29, 1.82) is 0 Å². The summed E-state index contributed by atoms with van der Waals surface area (Å²) in [6.45, 7) is 10.6. The van der Waals surface area contributed by atoms with Crippen LogP contribution >= 0.6 is 0 Å². The maximum Gasteiger partial charge on any atom is 0.410 e. The zero-order valence-corrected chi connectivity index (χ0v) is 14.0. The zero-order chi connectivity index (χ0) is 16.3. The van der Waals surface area contributed by atoms with Crippen molar-refractivity contribution in [3.63, 3.8) is 0 Å². The van der Waals surface area contributed by atoms with Gasteiger partial charge in [0.25, 0.3) is 0 Å². The maximum atomic E-state index is 12.1. The molecular formula is C17H27N3O2. The predicted molar refractivity (Wildman–Crippen MR) is 89.1 cm³/mol. The summed E-state index contributed by atoms with van der Waals surface area (Å²) in [7, 11) is 0. The highest BCUT2D eigenvalue weighted by Crippen LogP contribution is 2.26. The average Bonchev–Trinajstić information content (AvgIpc) is 2.45. The van der Waals surface area contributed by atoms with Crippen molar-refractivity contribution < 1.29 is 9.53 Å². The van der Waals surface area contributed by atoms with Crippen molar-refractivity contribution in [1.82, 2.24) is 4.90 Å². The number of amides is 1. The Labute approximate surface area is 133 Å². The lowest BCUT2D eigenvalue weighted by Crippen LogP contribution is -2.50. The lowest BCUT2D eigenvalue weighted by Gasteiger charge is -2.37. The van der Waals surface area contributed by atoms with Crippen LogP contribution in [0.4, 0.5) is 10.5 Å². The molecule has 5 nitrogen and oxygen atoms in total. The van der Waals surface area contributed by atoms with E-state index in [2.05, 4.69) is 17.0 Å². The first-order valence-electron chi connectivity index (χ1n) is 7.85. The summed E-state index contributed by atoms with van der Waals surface area (Å²) in [6, 6.07) is 8.21. The standard InChI is InChI=1S/C17H27N3O2/c1-13(18)14-7-5-6-8-15(14)19-9-11-20(12-10-19)16(21)22-17(2,3)4/h5-8,13H,9-12,18H2,1-4H3. The van der Waals surface area contributed by atoms with Gasteiger partial charge in [-0.2, -0.15) is 0 Å². The number of rotatable bonds is 2. The van der Waals surface area contributed by atoms with Gasteiger partial charge in [-0.1, -0.05) is 18.2 Å². The van der Waals surface area contributed by atoms with E-state index in [0.717, 1.165) is 18.7 Å². The van der Waals surface area contributed by atoms with Gasteiger partial charge in [0.2, 0.25) is 0 Å². The lowest BCUT2D eigenvalue weighted by molar-refractivity contribution is 0.0240. The van der Waals surface area contributed by atoms with Crippen LogP contribution in [-0.4, -0.2) is 42.8 Å². The van der Waals surface area contributed by atoms with E-state index in [1.54, 1.807) is 4.90 Å². The minimum absolute atomic E-state index is 0.0000791. The Balaban J connectivity index is 2.00. The summed E-state index contributed by atoms with van der Waals surface area (Å²) in [6.07, 6.45) is -0.229. The van der Waals surface area contributed by atoms with Crippen molar-refractivity contribution >= 4 is 11.8 Å². The van der Waals surface area contributed by atoms with Crippen LogP contribution in [0.1, 0.15) is 39.3 Å². The third-order valence-electron chi connectivity index (χ3n) is 3.70. The molecule has 1 aliphatic rings. The summed E-state index contributed by atoms with van der Waals surface area (Å²) in [4.78, 5) is 16.2. The van der Waals surface area contributed by atoms with Crippen molar-refractivity contribution in [2.75, 3.05) is 31.1 Å². The molecule has 1 amide bonds. The normalized spacial score (nSPS) is 17.3. The molecule has 5 heteroatoms. The molecule has 1 atom stereocenters. The Morgan fingerprint density at radius 2 is 1.77 bits per heavy atom. The topological polar surface area (TPSA) is 58.8 Å². The monoisotopic (exact) mass is 305 g/mol. The number of para-hydroxylation sites is 1. The average molecular weight is 305 g/mol. The van der Waals surface area contributed by atoms with Crippen LogP contribution in [-0.2, 0) is 4.74 Å². The first-order chi connectivity index (χ1) is 10.3. The molecule has 1 heterocycles. The van der Waals surface area contributed by atoms with E-state index in [-0.39, 0.29) is 12.1 Å². The minimum atomic E-state index is -0.449. The molecule has 2 rings (SSSR count). The van der Waals surface area contributed by atoms with E-state index in [4.69, 9.17) is 10.5 Å². The van der Waals surface area contributed by atoms with Gasteiger partial charge in [-0.15, -0.1) is 0 Å². The van der Waals surface area contributed by atoms with E-state index in [1.165, 1.54) is 5.69 Å². The number of nitrogens with two attached hydrogens (primary N) is 1. The van der Waals surface area contributed by atoms with Crippen molar-refractivity contribution in [2.45, 2.75) is 39.3 Å². The molecule has 2 N–H and O–H groups in total. The predicted octanol–water partition coefficient (Wildman–Crippen LogP) is 2.76. The molecule has 1 unspecified atom stereocenters. The number of ether oxygens (including phenoxy) is 1. The molecule has 0 radical (unpaired) electrons. The molecule has 122 valence electrons. The van der Waals surface area contributed by atoms with Crippen molar-refractivity contribution in [3.8, 4) is 0 Å². The van der Waals surface area contributed by atoms with Gasteiger partial charge in [-0.05, 0) is 39.3 Å². The Morgan fingerprint density at radius 1 is 1.18 bits per heavy atom. The smallest absolute Gasteiger partial charge is 0.410 e. The second-order valence-electron chi connectivity index (χ2n) is 6.80. The summed E-state index contributed by atoms with van der Waals surface area (Å²) >= 11 is 0. The second-order valence-corrected chi connectivity index (χ2v) is 6.80. The maximum absolute atomic E-state index is 12.1. The van der Waals surface area contributed by atoms with Crippen LogP contribution in [0, 0.1) is 0 Å². The van der Waals surface area contributed by atoms with Crippen LogP contribution in [0.15, 0.2) is 24.3 Å². The molecule has 1 saturated heterocycles. The molecular weight excluding hydrogens is 278 g/mol. The van der Waals surface area contributed by atoms with Crippen LogP contribution in [0.2, 0.25) is 0 Å². The van der Waals surface area contributed by atoms with Gasteiger partial charge in [0, 0.05) is 37.9 Å². The van der Waals surface area contributed by atoms with E-state index in [0.29, 0.717) is 13.1 Å². The fourth-order valence-corrected chi connectivity index (χ4v) is 2.62. The fourth-order valence-electron chi connectivity index (χ4n) is 2.62. The van der Waals surface area contributed by atoms with Crippen LogP contribution < -0.4 is 10.6 Å². The molecule has 0 aromatic heterocycles. The Hall–Kier alpha value is -1.75. The first-order valence-corrected chi connectivity index (χ1v) is 7.85. The van der Waals surface area contributed by atoms with Crippen LogP contribution in [0.25, 0.3) is 0 Å². The first kappa shape index (κ1) is 16.6. The van der Waals surface area contributed by atoms with Gasteiger partial charge >= 0.3 is 6.09 Å². The quantitative estimate of drug-likeness (QED) is 0.913. The number of carbonyl (C=O) groups excluding carboxylic acids is 1. The molecule has 1 fully saturated rings. The second kappa shape index (κ2) is 6.57. The summed E-state index contributed by atoms with van der Waals surface area (Å²) in [5, 5.41) is 0. The molecule has 1 aromatic carbocycles. The number of benzene rings is 1. The molecule has 0 aliphatic carbocycles. The van der Waals surface area contributed by atoms with E-state index >= 15 is 0 Å².